The Labute approximate surface area is 180 Å². The van der Waals surface area contributed by atoms with Gasteiger partial charge in [0.2, 0.25) is 0 Å². The molecule has 0 aliphatic carbocycles. The zero-order valence-electron chi connectivity index (χ0n) is 17.7. The van der Waals surface area contributed by atoms with E-state index in [1.807, 2.05) is 31.2 Å². The first-order valence-corrected chi connectivity index (χ1v) is 11.6. The van der Waals surface area contributed by atoms with Gasteiger partial charge in [-0.3, -0.25) is 4.79 Å². The number of fused-ring (bicyclic) bond motifs is 1. The predicted molar refractivity (Wildman–Crippen MR) is 123 cm³/mol. The van der Waals surface area contributed by atoms with Crippen molar-refractivity contribution < 1.29 is 9.53 Å². The number of thiazole rings is 1. The summed E-state index contributed by atoms with van der Waals surface area (Å²) in [4.78, 5) is 19.2. The van der Waals surface area contributed by atoms with Gasteiger partial charge in [-0.25, -0.2) is 0 Å². The SMILES string of the molecule is CCOCCn1c(=NC(=O)c2ccc(SC(C)C)cc2)sc2c(C)cc(C)cc21. The Morgan fingerprint density at radius 2 is 1.93 bits per heavy atom. The van der Waals surface area contributed by atoms with Gasteiger partial charge in [0.15, 0.2) is 4.80 Å². The summed E-state index contributed by atoms with van der Waals surface area (Å²) in [6.45, 7) is 12.4. The molecule has 0 radical (unpaired) electrons. The third-order valence-corrected chi connectivity index (χ3v) is 6.69. The number of nitrogens with zero attached hydrogens (tertiary/aromatic N) is 2. The number of aryl methyl sites for hydroxylation is 2. The van der Waals surface area contributed by atoms with E-state index < -0.39 is 0 Å². The standard InChI is InChI=1S/C23H28N2O2S2/c1-6-27-12-11-25-20-14-16(4)13-17(5)21(20)29-23(25)24-22(26)18-7-9-19(10-8-18)28-15(2)3/h7-10,13-15H,6,11-12H2,1-5H3. The second kappa shape index (κ2) is 9.74. The summed E-state index contributed by atoms with van der Waals surface area (Å²) < 4.78 is 8.84. The highest BCUT2D eigenvalue weighted by Gasteiger charge is 2.12. The first-order valence-electron chi connectivity index (χ1n) is 9.93. The summed E-state index contributed by atoms with van der Waals surface area (Å²) in [6.07, 6.45) is 0. The van der Waals surface area contributed by atoms with Crippen molar-refractivity contribution in [3.8, 4) is 0 Å². The van der Waals surface area contributed by atoms with E-state index in [-0.39, 0.29) is 5.91 Å². The highest BCUT2D eigenvalue weighted by molar-refractivity contribution is 7.99. The van der Waals surface area contributed by atoms with Crippen LogP contribution in [0.25, 0.3) is 10.2 Å². The van der Waals surface area contributed by atoms with E-state index >= 15 is 0 Å². The quantitative estimate of drug-likeness (QED) is 0.363. The van der Waals surface area contributed by atoms with E-state index in [9.17, 15) is 4.79 Å². The van der Waals surface area contributed by atoms with Crippen molar-refractivity contribution in [1.82, 2.24) is 4.57 Å². The molecule has 0 unspecified atom stereocenters. The van der Waals surface area contributed by atoms with Crippen LogP contribution in [0.15, 0.2) is 46.3 Å². The Hall–Kier alpha value is -1.89. The number of carbonyl (C=O) groups excluding carboxylic acids is 1. The smallest absolute Gasteiger partial charge is 0.279 e. The Balaban J connectivity index is 2.00. The van der Waals surface area contributed by atoms with Crippen LogP contribution in [0.2, 0.25) is 0 Å². The first-order chi connectivity index (χ1) is 13.9. The van der Waals surface area contributed by atoms with Gasteiger partial charge < -0.3 is 9.30 Å². The lowest BCUT2D eigenvalue weighted by atomic mass is 10.1. The van der Waals surface area contributed by atoms with Crippen molar-refractivity contribution in [2.45, 2.75) is 51.3 Å². The second-order valence-electron chi connectivity index (χ2n) is 7.27. The normalized spacial score (nSPS) is 12.3. The highest BCUT2D eigenvalue weighted by Crippen LogP contribution is 2.24. The number of ether oxygens (including phenoxy) is 1. The van der Waals surface area contributed by atoms with Gasteiger partial charge in [0.05, 0.1) is 16.8 Å². The summed E-state index contributed by atoms with van der Waals surface area (Å²) in [6, 6.07) is 12.0. The molecule has 0 bridgehead atoms. The molecule has 6 heteroatoms. The highest BCUT2D eigenvalue weighted by atomic mass is 32.2. The average molecular weight is 429 g/mol. The Morgan fingerprint density at radius 3 is 2.59 bits per heavy atom. The van der Waals surface area contributed by atoms with Crippen LogP contribution in [-0.2, 0) is 11.3 Å². The van der Waals surface area contributed by atoms with E-state index in [1.165, 1.54) is 15.8 Å². The third kappa shape index (κ3) is 5.38. The zero-order valence-corrected chi connectivity index (χ0v) is 19.3. The summed E-state index contributed by atoms with van der Waals surface area (Å²) in [7, 11) is 0. The molecule has 1 aromatic heterocycles. The fourth-order valence-corrected chi connectivity index (χ4v) is 5.16. The molecule has 1 heterocycles. The molecular formula is C23H28N2O2S2. The van der Waals surface area contributed by atoms with E-state index in [4.69, 9.17) is 4.74 Å². The minimum atomic E-state index is -0.211. The van der Waals surface area contributed by atoms with Gasteiger partial charge in [-0.15, -0.1) is 11.8 Å². The van der Waals surface area contributed by atoms with Gasteiger partial charge in [0.1, 0.15) is 0 Å². The van der Waals surface area contributed by atoms with Crippen LogP contribution in [0.5, 0.6) is 0 Å². The van der Waals surface area contributed by atoms with Crippen molar-refractivity contribution in [3.05, 3.63) is 57.9 Å². The molecule has 2 aromatic carbocycles. The number of benzene rings is 2. The maximum absolute atomic E-state index is 12.8. The lowest BCUT2D eigenvalue weighted by Crippen LogP contribution is -2.19. The lowest BCUT2D eigenvalue weighted by Gasteiger charge is -2.07. The van der Waals surface area contributed by atoms with Crippen molar-refractivity contribution >= 4 is 39.2 Å². The van der Waals surface area contributed by atoms with Crippen LogP contribution in [0.1, 0.15) is 42.3 Å². The number of thioether (sulfide) groups is 1. The Kier molecular flexibility index (Phi) is 7.33. The van der Waals surface area contributed by atoms with Gasteiger partial charge in [-0.1, -0.05) is 31.3 Å². The monoisotopic (exact) mass is 428 g/mol. The molecule has 29 heavy (non-hydrogen) atoms. The second-order valence-corrected chi connectivity index (χ2v) is 9.90. The van der Waals surface area contributed by atoms with Crippen LogP contribution in [0.3, 0.4) is 0 Å². The Bertz CT molecular complexity index is 1060. The van der Waals surface area contributed by atoms with Gasteiger partial charge in [0.25, 0.3) is 5.91 Å². The summed E-state index contributed by atoms with van der Waals surface area (Å²) in [5.41, 5.74) is 4.13. The first kappa shape index (κ1) is 21.8. The van der Waals surface area contributed by atoms with Crippen LogP contribution in [0.4, 0.5) is 0 Å². The average Bonchev–Trinajstić information content (AvgIpc) is 3.00. The van der Waals surface area contributed by atoms with Gasteiger partial charge in [0, 0.05) is 28.9 Å². The lowest BCUT2D eigenvalue weighted by molar-refractivity contribution is 0.0996. The van der Waals surface area contributed by atoms with E-state index in [0.29, 0.717) is 30.6 Å². The number of aromatic nitrogens is 1. The van der Waals surface area contributed by atoms with Crippen LogP contribution < -0.4 is 4.80 Å². The molecule has 0 saturated carbocycles. The molecule has 0 N–H and O–H groups in total. The fraction of sp³-hybridized carbons (Fsp3) is 0.391. The molecule has 3 rings (SSSR count). The number of hydrogen-bond acceptors (Lipinski definition) is 4. The summed E-state index contributed by atoms with van der Waals surface area (Å²) in [5.74, 6) is -0.211. The third-order valence-electron chi connectivity index (χ3n) is 4.45. The number of rotatable bonds is 7. The van der Waals surface area contributed by atoms with Crippen LogP contribution in [-0.4, -0.2) is 28.9 Å². The van der Waals surface area contributed by atoms with Crippen molar-refractivity contribution in [1.29, 1.82) is 0 Å². The molecule has 3 aromatic rings. The topological polar surface area (TPSA) is 43.6 Å². The summed E-state index contributed by atoms with van der Waals surface area (Å²) >= 11 is 3.35. The zero-order chi connectivity index (χ0) is 21.0. The minimum Gasteiger partial charge on any atom is -0.380 e. The maximum atomic E-state index is 12.8. The van der Waals surface area contributed by atoms with Crippen molar-refractivity contribution in [2.75, 3.05) is 13.2 Å². The molecule has 0 atom stereocenters. The van der Waals surface area contributed by atoms with Gasteiger partial charge in [-0.05, 0) is 62.2 Å². The molecule has 0 aliphatic heterocycles. The number of hydrogen-bond donors (Lipinski definition) is 0. The van der Waals surface area contributed by atoms with Gasteiger partial charge >= 0.3 is 0 Å². The fourth-order valence-electron chi connectivity index (χ4n) is 3.21. The van der Waals surface area contributed by atoms with Crippen molar-refractivity contribution in [3.63, 3.8) is 0 Å². The summed E-state index contributed by atoms with van der Waals surface area (Å²) in [5, 5.41) is 0.510. The number of carbonyl (C=O) groups is 1. The van der Waals surface area contributed by atoms with Crippen molar-refractivity contribution in [2.24, 2.45) is 4.99 Å². The molecule has 0 spiro atoms. The minimum absolute atomic E-state index is 0.211. The van der Waals surface area contributed by atoms with E-state index in [0.717, 1.165) is 15.2 Å². The van der Waals surface area contributed by atoms with E-state index in [1.54, 1.807) is 23.1 Å². The molecule has 0 fully saturated rings. The molecular weight excluding hydrogens is 400 g/mol. The Morgan fingerprint density at radius 1 is 1.21 bits per heavy atom. The molecule has 154 valence electrons. The van der Waals surface area contributed by atoms with Crippen LogP contribution in [0, 0.1) is 13.8 Å². The molecule has 1 amide bonds. The van der Waals surface area contributed by atoms with E-state index in [2.05, 4.69) is 49.4 Å². The number of amides is 1. The largest absolute Gasteiger partial charge is 0.380 e. The molecule has 0 saturated heterocycles. The van der Waals surface area contributed by atoms with Crippen LogP contribution >= 0.6 is 23.1 Å². The molecule has 4 nitrogen and oxygen atoms in total. The van der Waals surface area contributed by atoms with Gasteiger partial charge in [-0.2, -0.15) is 4.99 Å². The molecule has 0 aliphatic rings. The predicted octanol–water partition coefficient (Wildman–Crippen LogP) is 5.60. The maximum Gasteiger partial charge on any atom is 0.279 e.